The fourth-order valence-electron chi connectivity index (χ4n) is 5.56. The van der Waals surface area contributed by atoms with Crippen LogP contribution in [0.4, 0.5) is 8.78 Å². The normalized spacial score (nSPS) is 19.9. The summed E-state index contributed by atoms with van der Waals surface area (Å²) >= 11 is 0. The molecule has 6 rings (SSSR count). The molecule has 0 saturated carbocycles. The number of halogens is 2. The van der Waals surface area contributed by atoms with Crippen molar-refractivity contribution < 1.29 is 18.3 Å². The van der Waals surface area contributed by atoms with Crippen molar-refractivity contribution >= 4 is 16.8 Å². The molecule has 0 radical (unpaired) electrons. The molecule has 0 spiro atoms. The van der Waals surface area contributed by atoms with E-state index < -0.39 is 11.6 Å². The number of hydrogen-bond acceptors (Lipinski definition) is 6. The van der Waals surface area contributed by atoms with E-state index in [0.29, 0.717) is 30.6 Å². The molecule has 3 heterocycles. The SMILES string of the molecule is O=C(NN(C1CCOC(N2CCNCC2)C1)n1ncc2cc(Cc3cc(F)cc(F)c3)ccc21)c1ccccc1. The number of carbonyl (C=O) groups excluding carboxylic acids is 1. The molecule has 2 fully saturated rings. The van der Waals surface area contributed by atoms with E-state index in [4.69, 9.17) is 4.74 Å². The minimum absolute atomic E-state index is 0.0444. The molecule has 8 nitrogen and oxygen atoms in total. The summed E-state index contributed by atoms with van der Waals surface area (Å²) < 4.78 is 33.6. The molecule has 4 aromatic rings. The minimum atomic E-state index is -0.593. The summed E-state index contributed by atoms with van der Waals surface area (Å²) in [5.41, 5.74) is 5.94. The van der Waals surface area contributed by atoms with E-state index in [2.05, 4.69) is 20.7 Å². The first-order chi connectivity index (χ1) is 19.5. The number of ether oxygens (including phenoxy) is 1. The Morgan fingerprint density at radius 1 is 1.02 bits per heavy atom. The maximum absolute atomic E-state index is 13.7. The van der Waals surface area contributed by atoms with Crippen LogP contribution in [0.2, 0.25) is 0 Å². The van der Waals surface area contributed by atoms with Gasteiger partial charge >= 0.3 is 0 Å². The van der Waals surface area contributed by atoms with E-state index in [1.54, 1.807) is 23.1 Å². The number of benzene rings is 3. The van der Waals surface area contributed by atoms with Gasteiger partial charge in [0.1, 0.15) is 17.9 Å². The van der Waals surface area contributed by atoms with E-state index in [1.165, 1.54) is 12.1 Å². The zero-order valence-corrected chi connectivity index (χ0v) is 22.1. The lowest BCUT2D eigenvalue weighted by atomic mass is 10.0. The van der Waals surface area contributed by atoms with Crippen LogP contribution in [0.3, 0.4) is 0 Å². The second kappa shape index (κ2) is 11.7. The molecule has 3 aromatic carbocycles. The monoisotopic (exact) mass is 546 g/mol. The summed E-state index contributed by atoms with van der Waals surface area (Å²) in [5, 5.41) is 10.7. The number of hydrazine groups is 1. The Morgan fingerprint density at radius 3 is 2.58 bits per heavy atom. The summed E-state index contributed by atoms with van der Waals surface area (Å²) in [7, 11) is 0. The molecule has 10 heteroatoms. The van der Waals surface area contributed by atoms with Gasteiger partial charge in [-0.25, -0.2) is 19.3 Å². The number of rotatable bonds is 7. The number of carbonyl (C=O) groups is 1. The van der Waals surface area contributed by atoms with Crippen molar-refractivity contribution in [1.82, 2.24) is 25.5 Å². The van der Waals surface area contributed by atoms with Crippen LogP contribution < -0.4 is 15.9 Å². The number of hydrogen-bond donors (Lipinski definition) is 2. The number of fused-ring (bicyclic) bond motifs is 1. The van der Waals surface area contributed by atoms with E-state index >= 15 is 0 Å². The first-order valence-corrected chi connectivity index (χ1v) is 13.7. The standard InChI is InChI=1S/C30H32F2N6O2/c31-25-16-22(17-26(32)18-25)14-21-6-7-28-24(15-21)20-34-38(28)37(35-30(39)23-4-2-1-3-5-23)27-8-13-40-29(19-27)36-11-9-33-10-12-36/h1-7,15-18,20,27,29,33H,8-14,19H2,(H,35,39). The van der Waals surface area contributed by atoms with Crippen molar-refractivity contribution in [2.75, 3.05) is 37.9 Å². The quantitative estimate of drug-likeness (QED) is 0.345. The van der Waals surface area contributed by atoms with Crippen LogP contribution in [-0.2, 0) is 11.2 Å². The van der Waals surface area contributed by atoms with Crippen LogP contribution in [0.25, 0.3) is 10.9 Å². The fourth-order valence-corrected chi connectivity index (χ4v) is 5.56. The number of amides is 1. The average Bonchev–Trinajstić information content (AvgIpc) is 3.39. The van der Waals surface area contributed by atoms with Crippen molar-refractivity contribution in [2.45, 2.75) is 31.5 Å². The minimum Gasteiger partial charge on any atom is -0.363 e. The second-order valence-corrected chi connectivity index (χ2v) is 10.3. The molecule has 40 heavy (non-hydrogen) atoms. The van der Waals surface area contributed by atoms with E-state index in [9.17, 15) is 13.6 Å². The van der Waals surface area contributed by atoms with Crippen molar-refractivity contribution in [3.8, 4) is 0 Å². The van der Waals surface area contributed by atoms with Gasteiger partial charge in [0.25, 0.3) is 5.91 Å². The van der Waals surface area contributed by atoms with Crippen molar-refractivity contribution in [3.63, 3.8) is 0 Å². The Labute approximate surface area is 231 Å². The third-order valence-electron chi connectivity index (χ3n) is 7.54. The van der Waals surface area contributed by atoms with E-state index in [-0.39, 0.29) is 18.2 Å². The topological polar surface area (TPSA) is 74.7 Å². The lowest BCUT2D eigenvalue weighted by molar-refractivity contribution is -0.0975. The second-order valence-electron chi connectivity index (χ2n) is 10.3. The highest BCUT2D eigenvalue weighted by molar-refractivity contribution is 5.94. The Hall–Kier alpha value is -3.86. The maximum atomic E-state index is 13.7. The van der Waals surface area contributed by atoms with E-state index in [1.807, 2.05) is 41.5 Å². The number of nitrogens with zero attached hydrogens (tertiary/aromatic N) is 4. The van der Waals surface area contributed by atoms with Gasteiger partial charge in [0, 0.05) is 49.6 Å². The summed E-state index contributed by atoms with van der Waals surface area (Å²) in [6, 6.07) is 18.4. The van der Waals surface area contributed by atoms with Crippen LogP contribution in [0, 0.1) is 11.6 Å². The number of aromatic nitrogens is 2. The van der Waals surface area contributed by atoms with Gasteiger partial charge in [0.2, 0.25) is 0 Å². The molecule has 2 aliphatic rings. The smallest absolute Gasteiger partial charge is 0.271 e. The van der Waals surface area contributed by atoms with E-state index in [0.717, 1.165) is 55.1 Å². The Morgan fingerprint density at radius 2 is 1.80 bits per heavy atom. The molecule has 0 bridgehead atoms. The Bertz CT molecular complexity index is 1450. The van der Waals surface area contributed by atoms with Crippen molar-refractivity contribution in [3.05, 3.63) is 101 Å². The summed E-state index contributed by atoms with van der Waals surface area (Å²) in [5.74, 6) is -1.41. The van der Waals surface area contributed by atoms with Crippen LogP contribution in [0.1, 0.15) is 34.3 Å². The molecule has 2 unspecified atom stereocenters. The van der Waals surface area contributed by atoms with Crippen LogP contribution in [0.5, 0.6) is 0 Å². The van der Waals surface area contributed by atoms with Crippen molar-refractivity contribution in [1.29, 1.82) is 0 Å². The third kappa shape index (κ3) is 5.84. The van der Waals surface area contributed by atoms with Gasteiger partial charge in [-0.15, -0.1) is 0 Å². The largest absolute Gasteiger partial charge is 0.363 e. The number of piperazine rings is 1. The molecular weight excluding hydrogens is 514 g/mol. The first kappa shape index (κ1) is 26.4. The van der Waals surface area contributed by atoms with Gasteiger partial charge in [-0.2, -0.15) is 9.89 Å². The summed E-state index contributed by atoms with van der Waals surface area (Å²) in [4.78, 5) is 17.4. The molecule has 1 amide bonds. The molecule has 2 atom stereocenters. The van der Waals surface area contributed by atoms with Crippen molar-refractivity contribution in [2.24, 2.45) is 0 Å². The average molecular weight is 547 g/mol. The molecule has 2 N–H and O–H groups in total. The molecule has 0 aliphatic carbocycles. The zero-order valence-electron chi connectivity index (χ0n) is 22.1. The molecule has 208 valence electrons. The third-order valence-corrected chi connectivity index (χ3v) is 7.54. The lowest BCUT2D eigenvalue weighted by Crippen LogP contribution is -2.60. The zero-order chi connectivity index (χ0) is 27.5. The highest BCUT2D eigenvalue weighted by atomic mass is 19.1. The predicted octanol–water partition coefficient (Wildman–Crippen LogP) is 3.60. The van der Waals surface area contributed by atoms with Gasteiger partial charge in [-0.3, -0.25) is 9.69 Å². The van der Waals surface area contributed by atoms with Gasteiger partial charge < -0.3 is 10.1 Å². The van der Waals surface area contributed by atoms with Gasteiger partial charge in [0.05, 0.1) is 24.4 Å². The number of nitrogens with one attached hydrogen (secondary N) is 2. The lowest BCUT2D eigenvalue weighted by Gasteiger charge is -2.42. The molecule has 2 aliphatic heterocycles. The molecular formula is C30H32F2N6O2. The first-order valence-electron chi connectivity index (χ1n) is 13.7. The summed E-state index contributed by atoms with van der Waals surface area (Å²) in [6.07, 6.45) is 3.52. The molecule has 2 saturated heterocycles. The van der Waals surface area contributed by atoms with Gasteiger partial charge in [0.15, 0.2) is 0 Å². The van der Waals surface area contributed by atoms with Gasteiger partial charge in [-0.05, 0) is 60.4 Å². The fraction of sp³-hybridized carbons (Fsp3) is 0.333. The Kier molecular flexibility index (Phi) is 7.72. The molecule has 1 aromatic heterocycles. The highest BCUT2D eigenvalue weighted by Crippen LogP contribution is 2.24. The predicted molar refractivity (Wildman–Crippen MR) is 148 cm³/mol. The highest BCUT2D eigenvalue weighted by Gasteiger charge is 2.33. The van der Waals surface area contributed by atoms with Crippen LogP contribution >= 0.6 is 0 Å². The van der Waals surface area contributed by atoms with Crippen LogP contribution in [-0.4, -0.2) is 65.8 Å². The Balaban J connectivity index is 1.29. The maximum Gasteiger partial charge on any atom is 0.271 e. The van der Waals surface area contributed by atoms with Gasteiger partial charge in [-0.1, -0.05) is 24.3 Å². The summed E-state index contributed by atoms with van der Waals surface area (Å²) in [6.45, 7) is 4.25. The van der Waals surface area contributed by atoms with Crippen LogP contribution in [0.15, 0.2) is 72.9 Å².